The van der Waals surface area contributed by atoms with Gasteiger partial charge in [0.1, 0.15) is 6.61 Å². The van der Waals surface area contributed by atoms with Gasteiger partial charge >= 0.3 is 0 Å². The SMILES string of the molecule is CC(C)C(=O)COCCOCCOCCN=[N+]=[N-]. The summed E-state index contributed by atoms with van der Waals surface area (Å²) >= 11 is 0. The average molecular weight is 259 g/mol. The second-order valence-electron chi connectivity index (χ2n) is 3.85. The summed E-state index contributed by atoms with van der Waals surface area (Å²) in [6.45, 7) is 6.30. The van der Waals surface area contributed by atoms with Crippen LogP contribution in [-0.2, 0) is 19.0 Å². The Morgan fingerprint density at radius 3 is 2.22 bits per heavy atom. The van der Waals surface area contributed by atoms with Gasteiger partial charge in [0.2, 0.25) is 0 Å². The highest BCUT2D eigenvalue weighted by atomic mass is 16.5. The van der Waals surface area contributed by atoms with Crippen LogP contribution in [-0.4, -0.2) is 52.0 Å². The fourth-order valence-corrected chi connectivity index (χ4v) is 0.929. The molecule has 0 aromatic carbocycles. The first kappa shape index (κ1) is 16.9. The van der Waals surface area contributed by atoms with E-state index in [4.69, 9.17) is 19.7 Å². The van der Waals surface area contributed by atoms with Crippen LogP contribution in [0.3, 0.4) is 0 Å². The highest BCUT2D eigenvalue weighted by Gasteiger charge is 2.06. The average Bonchev–Trinajstić information content (AvgIpc) is 2.35. The largest absolute Gasteiger partial charge is 0.379 e. The predicted molar refractivity (Wildman–Crippen MR) is 66.3 cm³/mol. The lowest BCUT2D eigenvalue weighted by atomic mass is 10.1. The van der Waals surface area contributed by atoms with E-state index in [-0.39, 0.29) is 18.3 Å². The maximum atomic E-state index is 11.2. The molecule has 0 fully saturated rings. The van der Waals surface area contributed by atoms with Crippen molar-refractivity contribution in [3.05, 3.63) is 10.4 Å². The highest BCUT2D eigenvalue weighted by molar-refractivity contribution is 5.81. The zero-order valence-electron chi connectivity index (χ0n) is 11.0. The molecule has 0 aromatic rings. The molecule has 0 heterocycles. The minimum atomic E-state index is 0.00962. The summed E-state index contributed by atoms with van der Waals surface area (Å²) in [5, 5.41) is 3.32. The second kappa shape index (κ2) is 12.3. The molecule has 0 aliphatic heterocycles. The summed E-state index contributed by atoms with van der Waals surface area (Å²) in [7, 11) is 0. The summed E-state index contributed by atoms with van der Waals surface area (Å²) in [5.41, 5.74) is 8.00. The van der Waals surface area contributed by atoms with Crippen LogP contribution in [0, 0.1) is 5.92 Å². The number of azide groups is 1. The summed E-state index contributed by atoms with van der Waals surface area (Å²) in [6, 6.07) is 0. The van der Waals surface area contributed by atoms with E-state index in [9.17, 15) is 4.79 Å². The first-order valence-corrected chi connectivity index (χ1v) is 5.95. The van der Waals surface area contributed by atoms with Crippen LogP contribution in [0.2, 0.25) is 0 Å². The van der Waals surface area contributed by atoms with E-state index >= 15 is 0 Å². The van der Waals surface area contributed by atoms with Gasteiger partial charge in [-0.3, -0.25) is 4.79 Å². The minimum Gasteiger partial charge on any atom is -0.379 e. The molecule has 104 valence electrons. The van der Waals surface area contributed by atoms with Crippen molar-refractivity contribution in [3.63, 3.8) is 0 Å². The van der Waals surface area contributed by atoms with Gasteiger partial charge in [0.15, 0.2) is 5.78 Å². The van der Waals surface area contributed by atoms with Gasteiger partial charge in [0, 0.05) is 17.4 Å². The third-order valence-corrected chi connectivity index (χ3v) is 2.03. The van der Waals surface area contributed by atoms with E-state index in [1.165, 1.54) is 0 Å². The zero-order valence-corrected chi connectivity index (χ0v) is 11.0. The van der Waals surface area contributed by atoms with Crippen molar-refractivity contribution in [3.8, 4) is 0 Å². The number of ketones is 1. The zero-order chi connectivity index (χ0) is 13.6. The van der Waals surface area contributed by atoms with Crippen LogP contribution in [0.5, 0.6) is 0 Å². The quantitative estimate of drug-likeness (QED) is 0.230. The Kier molecular flexibility index (Phi) is 11.5. The van der Waals surface area contributed by atoms with E-state index in [1.54, 1.807) is 0 Å². The van der Waals surface area contributed by atoms with E-state index in [1.807, 2.05) is 13.8 Å². The van der Waals surface area contributed by atoms with Crippen molar-refractivity contribution in [1.29, 1.82) is 0 Å². The second-order valence-corrected chi connectivity index (χ2v) is 3.85. The number of Topliss-reactive ketones (excluding diaryl/α,β-unsaturated/α-hetero) is 1. The molecule has 0 saturated carbocycles. The Morgan fingerprint density at radius 2 is 1.67 bits per heavy atom. The number of nitrogens with zero attached hydrogens (tertiary/aromatic N) is 3. The number of hydrogen-bond acceptors (Lipinski definition) is 5. The van der Waals surface area contributed by atoms with Crippen LogP contribution in [0.25, 0.3) is 10.4 Å². The third kappa shape index (κ3) is 11.3. The fraction of sp³-hybridized carbons (Fsp3) is 0.909. The normalized spacial score (nSPS) is 10.4. The van der Waals surface area contributed by atoms with Crippen molar-refractivity contribution in [2.75, 3.05) is 46.2 Å². The number of ether oxygens (including phenoxy) is 3. The predicted octanol–water partition coefficient (Wildman–Crippen LogP) is 1.57. The molecule has 7 nitrogen and oxygen atoms in total. The van der Waals surface area contributed by atoms with Crippen molar-refractivity contribution >= 4 is 5.78 Å². The number of carbonyl (C=O) groups excluding carboxylic acids is 1. The smallest absolute Gasteiger partial charge is 0.160 e. The molecule has 0 atom stereocenters. The number of carbonyl (C=O) groups is 1. The van der Waals surface area contributed by atoms with Crippen LogP contribution in [0.15, 0.2) is 5.11 Å². The first-order chi connectivity index (χ1) is 8.68. The van der Waals surface area contributed by atoms with Crippen LogP contribution < -0.4 is 0 Å². The van der Waals surface area contributed by atoms with Gasteiger partial charge < -0.3 is 14.2 Å². The molecule has 0 saturated heterocycles. The van der Waals surface area contributed by atoms with Gasteiger partial charge in [0.05, 0.1) is 33.0 Å². The third-order valence-electron chi connectivity index (χ3n) is 2.03. The van der Waals surface area contributed by atoms with E-state index in [0.29, 0.717) is 39.6 Å². The van der Waals surface area contributed by atoms with Gasteiger partial charge in [-0.25, -0.2) is 0 Å². The summed E-state index contributed by atoms with van der Waals surface area (Å²) in [5.74, 6) is 0.103. The molecule has 0 amide bonds. The van der Waals surface area contributed by atoms with Gasteiger partial charge in [-0.05, 0) is 5.53 Å². The summed E-state index contributed by atoms with van der Waals surface area (Å²) < 4.78 is 15.5. The lowest BCUT2D eigenvalue weighted by molar-refractivity contribution is -0.127. The molecular formula is C11H21N3O4. The Bertz CT molecular complexity index is 265. The fourth-order valence-electron chi connectivity index (χ4n) is 0.929. The molecule has 0 aliphatic carbocycles. The Labute approximate surface area is 107 Å². The number of rotatable bonds is 12. The molecule has 0 rings (SSSR count). The van der Waals surface area contributed by atoms with Crippen LogP contribution in [0.4, 0.5) is 0 Å². The standard InChI is InChI=1S/C11H21N3O4/c1-10(2)11(15)9-18-8-7-17-6-5-16-4-3-13-14-12/h10H,3-9H2,1-2H3. The van der Waals surface area contributed by atoms with Gasteiger partial charge in [-0.1, -0.05) is 19.0 Å². The molecule has 0 radical (unpaired) electrons. The van der Waals surface area contributed by atoms with E-state index in [0.717, 1.165) is 0 Å². The Hall–Kier alpha value is -1.14. The molecule has 0 N–H and O–H groups in total. The van der Waals surface area contributed by atoms with Gasteiger partial charge in [-0.15, -0.1) is 0 Å². The maximum absolute atomic E-state index is 11.2. The Balaban J connectivity index is 3.12. The molecular weight excluding hydrogens is 238 g/mol. The monoisotopic (exact) mass is 259 g/mol. The molecule has 0 spiro atoms. The molecule has 18 heavy (non-hydrogen) atoms. The van der Waals surface area contributed by atoms with Crippen LogP contribution >= 0.6 is 0 Å². The van der Waals surface area contributed by atoms with Crippen molar-refractivity contribution < 1.29 is 19.0 Å². The molecule has 0 unspecified atom stereocenters. The summed E-state index contributed by atoms with van der Waals surface area (Å²) in [4.78, 5) is 13.8. The van der Waals surface area contributed by atoms with Gasteiger partial charge in [-0.2, -0.15) is 0 Å². The first-order valence-electron chi connectivity index (χ1n) is 5.95. The van der Waals surface area contributed by atoms with E-state index < -0.39 is 0 Å². The number of hydrogen-bond donors (Lipinski definition) is 0. The highest BCUT2D eigenvalue weighted by Crippen LogP contribution is 1.94. The van der Waals surface area contributed by atoms with E-state index in [2.05, 4.69) is 10.0 Å². The molecule has 0 aromatic heterocycles. The molecule has 0 aliphatic rings. The van der Waals surface area contributed by atoms with Crippen molar-refractivity contribution in [2.24, 2.45) is 11.0 Å². The van der Waals surface area contributed by atoms with Crippen molar-refractivity contribution in [1.82, 2.24) is 0 Å². The molecule has 0 bridgehead atoms. The summed E-state index contributed by atoms with van der Waals surface area (Å²) in [6.07, 6.45) is 0. The van der Waals surface area contributed by atoms with Crippen LogP contribution in [0.1, 0.15) is 13.8 Å². The van der Waals surface area contributed by atoms with Crippen molar-refractivity contribution in [2.45, 2.75) is 13.8 Å². The lowest BCUT2D eigenvalue weighted by Crippen LogP contribution is -2.17. The lowest BCUT2D eigenvalue weighted by Gasteiger charge is -2.07. The molecule has 7 heteroatoms. The minimum absolute atomic E-state index is 0.00962. The topological polar surface area (TPSA) is 93.5 Å². The Morgan fingerprint density at radius 1 is 1.11 bits per heavy atom. The maximum Gasteiger partial charge on any atom is 0.160 e. The van der Waals surface area contributed by atoms with Gasteiger partial charge in [0.25, 0.3) is 0 Å².